The van der Waals surface area contributed by atoms with Gasteiger partial charge < -0.3 is 24.6 Å². The van der Waals surface area contributed by atoms with Gasteiger partial charge in [0.15, 0.2) is 23.1 Å². The Morgan fingerprint density at radius 1 is 1.03 bits per heavy atom. The molecule has 0 aliphatic carbocycles. The molecule has 204 valence electrons. The Balaban J connectivity index is 1.51. The van der Waals surface area contributed by atoms with Crippen LogP contribution in [0.3, 0.4) is 0 Å². The molecule has 0 saturated carbocycles. The van der Waals surface area contributed by atoms with Crippen molar-refractivity contribution in [3.63, 3.8) is 0 Å². The van der Waals surface area contributed by atoms with Crippen LogP contribution < -0.4 is 19.5 Å². The van der Waals surface area contributed by atoms with E-state index < -0.39 is 29.7 Å². The molecular weight excluding hydrogens is 503 g/mol. The second kappa shape index (κ2) is 10.6. The minimum Gasteiger partial charge on any atom is -0.494 e. The van der Waals surface area contributed by atoms with E-state index in [0.717, 1.165) is 27.9 Å². The number of amides is 1. The lowest BCUT2D eigenvalue weighted by atomic mass is 9.82. The molecule has 5 rings (SSSR count). The van der Waals surface area contributed by atoms with E-state index in [-0.39, 0.29) is 31.5 Å². The van der Waals surface area contributed by atoms with E-state index in [0.29, 0.717) is 17.1 Å². The molecule has 39 heavy (non-hydrogen) atoms. The van der Waals surface area contributed by atoms with E-state index >= 15 is 0 Å². The van der Waals surface area contributed by atoms with Crippen molar-refractivity contribution in [1.82, 2.24) is 4.90 Å². The van der Waals surface area contributed by atoms with Gasteiger partial charge in [0, 0.05) is 24.2 Å². The van der Waals surface area contributed by atoms with Gasteiger partial charge in [0.05, 0.1) is 19.6 Å². The topological polar surface area (TPSA) is 97.3 Å². The van der Waals surface area contributed by atoms with E-state index in [1.165, 1.54) is 19.2 Å². The number of halogens is 1. The molecule has 2 heterocycles. The average Bonchev–Trinajstić information content (AvgIpc) is 3.50. The van der Waals surface area contributed by atoms with Crippen molar-refractivity contribution >= 4 is 17.6 Å². The van der Waals surface area contributed by atoms with Gasteiger partial charge in [-0.15, -0.1) is 0 Å². The number of carboxylic acid groups (broad SMARTS) is 1. The van der Waals surface area contributed by atoms with Gasteiger partial charge in [-0.1, -0.05) is 29.8 Å². The normalized spacial score (nSPS) is 20.2. The third kappa shape index (κ3) is 5.14. The number of nitrogens with zero attached hydrogens (tertiary/aromatic N) is 1. The van der Waals surface area contributed by atoms with E-state index in [1.54, 1.807) is 18.2 Å². The van der Waals surface area contributed by atoms with Crippen molar-refractivity contribution in [2.75, 3.05) is 32.3 Å². The van der Waals surface area contributed by atoms with Gasteiger partial charge in [-0.05, 0) is 67.3 Å². The summed E-state index contributed by atoms with van der Waals surface area (Å²) < 4.78 is 30.8. The van der Waals surface area contributed by atoms with Crippen LogP contribution in [0.25, 0.3) is 0 Å². The maximum absolute atomic E-state index is 14.8. The molecule has 9 heteroatoms. The van der Waals surface area contributed by atoms with Crippen molar-refractivity contribution in [3.8, 4) is 17.2 Å². The minimum absolute atomic E-state index is 0.0607. The largest absolute Gasteiger partial charge is 0.494 e. The predicted molar refractivity (Wildman–Crippen MR) is 143 cm³/mol. The Morgan fingerprint density at radius 2 is 1.72 bits per heavy atom. The predicted octanol–water partition coefficient (Wildman–Crippen LogP) is 4.97. The van der Waals surface area contributed by atoms with Gasteiger partial charge in [0.25, 0.3) is 0 Å². The zero-order valence-electron chi connectivity index (χ0n) is 22.3. The van der Waals surface area contributed by atoms with Gasteiger partial charge in [0.1, 0.15) is 0 Å². The standard InChI is InChI=1S/C30H31FN2O6/c1-16-9-17(2)28(18(3)10-16)32-26(34)14-33-13-21(19-5-8-24-25(12-19)39-15-38-24)27(30(35)36)29(33)20-6-7-23(37-4)22(31)11-20/h5-12,21,27,29H,13-15H2,1-4H3,(H,32,34)(H,35,36)/t21?,27-,29+/m0/s1. The summed E-state index contributed by atoms with van der Waals surface area (Å²) in [6.07, 6.45) is 0. The van der Waals surface area contributed by atoms with Crippen molar-refractivity contribution in [3.05, 3.63) is 82.2 Å². The van der Waals surface area contributed by atoms with Crippen molar-refractivity contribution in [2.24, 2.45) is 5.92 Å². The lowest BCUT2D eigenvalue weighted by molar-refractivity contribution is -0.143. The van der Waals surface area contributed by atoms with Gasteiger partial charge in [-0.2, -0.15) is 0 Å². The van der Waals surface area contributed by atoms with Crippen molar-refractivity contribution < 1.29 is 33.3 Å². The highest BCUT2D eigenvalue weighted by molar-refractivity contribution is 5.94. The molecule has 1 fully saturated rings. The zero-order valence-corrected chi connectivity index (χ0v) is 22.3. The van der Waals surface area contributed by atoms with Gasteiger partial charge >= 0.3 is 5.97 Å². The molecule has 1 unspecified atom stereocenters. The highest BCUT2D eigenvalue weighted by atomic mass is 19.1. The molecule has 0 spiro atoms. The number of nitrogens with one attached hydrogen (secondary N) is 1. The number of rotatable bonds is 7. The van der Waals surface area contributed by atoms with Crippen LogP contribution in [0, 0.1) is 32.5 Å². The first kappa shape index (κ1) is 26.5. The third-order valence-electron chi connectivity index (χ3n) is 7.51. The molecule has 2 N–H and O–H groups in total. The van der Waals surface area contributed by atoms with Gasteiger partial charge in [-0.3, -0.25) is 14.5 Å². The summed E-state index contributed by atoms with van der Waals surface area (Å²) in [5.41, 5.74) is 4.92. The Bertz CT molecular complexity index is 1420. The molecule has 0 bridgehead atoms. The number of carbonyl (C=O) groups excluding carboxylic acids is 1. The quantitative estimate of drug-likeness (QED) is 0.442. The molecule has 1 saturated heterocycles. The van der Waals surface area contributed by atoms with Crippen LogP contribution in [-0.2, 0) is 9.59 Å². The first-order chi connectivity index (χ1) is 18.7. The fraction of sp³-hybridized carbons (Fsp3) is 0.333. The summed E-state index contributed by atoms with van der Waals surface area (Å²) in [4.78, 5) is 27.9. The molecular formula is C30H31FN2O6. The molecule has 0 aromatic heterocycles. The van der Waals surface area contributed by atoms with E-state index in [9.17, 15) is 19.1 Å². The molecule has 8 nitrogen and oxygen atoms in total. The summed E-state index contributed by atoms with van der Waals surface area (Å²) in [6.45, 7) is 6.17. The number of aliphatic carboxylic acids is 1. The van der Waals surface area contributed by atoms with Crippen LogP contribution in [0.4, 0.5) is 10.1 Å². The first-order valence-corrected chi connectivity index (χ1v) is 12.7. The van der Waals surface area contributed by atoms with Crippen LogP contribution in [0.1, 0.15) is 39.8 Å². The first-order valence-electron chi connectivity index (χ1n) is 12.7. The maximum atomic E-state index is 14.8. The highest BCUT2D eigenvalue weighted by Gasteiger charge is 2.48. The van der Waals surface area contributed by atoms with Crippen molar-refractivity contribution in [1.29, 1.82) is 0 Å². The Kier molecular flexibility index (Phi) is 7.18. The summed E-state index contributed by atoms with van der Waals surface area (Å²) in [5, 5.41) is 13.4. The summed E-state index contributed by atoms with van der Waals surface area (Å²) >= 11 is 0. The molecule has 2 aliphatic heterocycles. The number of carbonyl (C=O) groups is 2. The lowest BCUT2D eigenvalue weighted by Gasteiger charge is -2.27. The van der Waals surface area contributed by atoms with Gasteiger partial charge in [-0.25, -0.2) is 4.39 Å². The molecule has 2 aliphatic rings. The molecule has 3 atom stereocenters. The zero-order chi connectivity index (χ0) is 27.8. The summed E-state index contributed by atoms with van der Waals surface area (Å²) in [6, 6.07) is 13.0. The minimum atomic E-state index is -1.04. The Morgan fingerprint density at radius 3 is 2.38 bits per heavy atom. The highest BCUT2D eigenvalue weighted by Crippen LogP contribution is 2.48. The lowest BCUT2D eigenvalue weighted by Crippen LogP contribution is -2.35. The maximum Gasteiger partial charge on any atom is 0.309 e. The van der Waals surface area contributed by atoms with Crippen LogP contribution in [0.15, 0.2) is 48.5 Å². The number of hydrogen-bond donors (Lipinski definition) is 2. The number of likely N-dealkylation sites (tertiary alicyclic amines) is 1. The molecule has 3 aromatic rings. The van der Waals surface area contributed by atoms with E-state index in [2.05, 4.69) is 5.32 Å². The number of aryl methyl sites for hydroxylation is 3. The number of methoxy groups -OCH3 is 1. The van der Waals surface area contributed by atoms with E-state index in [1.807, 2.05) is 43.9 Å². The smallest absolute Gasteiger partial charge is 0.309 e. The van der Waals surface area contributed by atoms with Crippen LogP contribution >= 0.6 is 0 Å². The van der Waals surface area contributed by atoms with Crippen LogP contribution in [-0.4, -0.2) is 48.9 Å². The second-order valence-corrected chi connectivity index (χ2v) is 10.2. The second-order valence-electron chi connectivity index (χ2n) is 10.2. The Labute approximate surface area is 226 Å². The van der Waals surface area contributed by atoms with Crippen LogP contribution in [0.2, 0.25) is 0 Å². The van der Waals surface area contributed by atoms with Crippen LogP contribution in [0.5, 0.6) is 17.2 Å². The third-order valence-corrected chi connectivity index (χ3v) is 7.51. The van der Waals surface area contributed by atoms with E-state index in [4.69, 9.17) is 14.2 Å². The van der Waals surface area contributed by atoms with Gasteiger partial charge in [0.2, 0.25) is 12.7 Å². The molecule has 1 amide bonds. The van der Waals surface area contributed by atoms with Crippen molar-refractivity contribution in [2.45, 2.75) is 32.7 Å². The average molecular weight is 535 g/mol. The number of ether oxygens (including phenoxy) is 3. The Hall–Kier alpha value is -4.11. The monoisotopic (exact) mass is 534 g/mol. The molecule has 0 radical (unpaired) electrons. The fourth-order valence-corrected chi connectivity index (χ4v) is 5.88. The fourth-order valence-electron chi connectivity index (χ4n) is 5.88. The molecule has 3 aromatic carbocycles. The number of fused-ring (bicyclic) bond motifs is 1. The number of carboxylic acids is 1. The summed E-state index contributed by atoms with van der Waals surface area (Å²) in [7, 11) is 1.37. The number of hydrogen-bond acceptors (Lipinski definition) is 6. The number of anilines is 1. The SMILES string of the molecule is COc1ccc([C@@H]2[C@@H](C(=O)O)C(c3ccc4c(c3)OCO4)CN2CC(=O)Nc2c(C)cc(C)cc2C)cc1F. The summed E-state index contributed by atoms with van der Waals surface area (Å²) in [5.74, 6) is -2.14. The number of benzene rings is 3.